The van der Waals surface area contributed by atoms with Crippen LogP contribution in [0.4, 0.5) is 10.1 Å². The van der Waals surface area contributed by atoms with Crippen LogP contribution in [0.2, 0.25) is 0 Å². The third-order valence-electron chi connectivity index (χ3n) is 2.33. The molecule has 0 N–H and O–H groups in total. The molecule has 3 nitrogen and oxygen atoms in total. The standard InChI is InChI=1S/C10H12FNO2.C2H6/c1-3-7(2)9-6-8(11)4-5-10(9)12(13)14;1-2/h4-7H,3H2,1-2H3;1-2H3. The molecule has 0 saturated carbocycles. The normalized spacial score (nSPS) is 11.3. The van der Waals surface area contributed by atoms with Crippen molar-refractivity contribution >= 4 is 5.69 Å². The van der Waals surface area contributed by atoms with Crippen LogP contribution in [0.1, 0.15) is 45.6 Å². The van der Waals surface area contributed by atoms with Crippen LogP contribution in [-0.2, 0) is 0 Å². The van der Waals surface area contributed by atoms with Crippen molar-refractivity contribution in [1.82, 2.24) is 0 Å². The quantitative estimate of drug-likeness (QED) is 0.571. The molecular formula is C12H18FNO2. The lowest BCUT2D eigenvalue weighted by Crippen LogP contribution is -1.99. The number of nitrogens with zero attached hydrogens (tertiary/aromatic N) is 1. The highest BCUT2D eigenvalue weighted by atomic mass is 19.1. The fourth-order valence-electron chi connectivity index (χ4n) is 1.31. The zero-order chi connectivity index (χ0) is 12.7. The van der Waals surface area contributed by atoms with Crippen molar-refractivity contribution in [3.8, 4) is 0 Å². The van der Waals surface area contributed by atoms with Crippen LogP contribution in [-0.4, -0.2) is 4.92 Å². The number of nitro groups is 1. The molecule has 1 unspecified atom stereocenters. The van der Waals surface area contributed by atoms with E-state index in [2.05, 4.69) is 0 Å². The Morgan fingerprint density at radius 3 is 2.44 bits per heavy atom. The van der Waals surface area contributed by atoms with Crippen molar-refractivity contribution in [2.45, 2.75) is 40.0 Å². The molecule has 0 saturated heterocycles. The average Bonchev–Trinajstić information content (AvgIpc) is 2.30. The first kappa shape index (κ1) is 14.6. The Kier molecular flexibility index (Phi) is 6.30. The monoisotopic (exact) mass is 227 g/mol. The van der Waals surface area contributed by atoms with Gasteiger partial charge in [-0.2, -0.15) is 0 Å². The van der Waals surface area contributed by atoms with Crippen LogP contribution in [0.3, 0.4) is 0 Å². The third-order valence-corrected chi connectivity index (χ3v) is 2.33. The molecule has 0 amide bonds. The Bertz CT molecular complexity index is 353. The van der Waals surface area contributed by atoms with E-state index in [4.69, 9.17) is 0 Å². The first-order chi connectivity index (χ1) is 7.56. The third kappa shape index (κ3) is 3.61. The first-order valence-corrected chi connectivity index (χ1v) is 5.50. The molecule has 1 aromatic carbocycles. The number of hydrogen-bond acceptors (Lipinski definition) is 2. The molecular weight excluding hydrogens is 209 g/mol. The van der Waals surface area contributed by atoms with E-state index in [1.54, 1.807) is 0 Å². The van der Waals surface area contributed by atoms with Crippen LogP contribution < -0.4 is 0 Å². The van der Waals surface area contributed by atoms with Crippen molar-refractivity contribution in [1.29, 1.82) is 0 Å². The zero-order valence-corrected chi connectivity index (χ0v) is 10.2. The maximum Gasteiger partial charge on any atom is 0.273 e. The van der Waals surface area contributed by atoms with Crippen LogP contribution in [0, 0.1) is 15.9 Å². The molecule has 16 heavy (non-hydrogen) atoms. The summed E-state index contributed by atoms with van der Waals surface area (Å²) in [5, 5.41) is 10.6. The summed E-state index contributed by atoms with van der Waals surface area (Å²) < 4.78 is 12.9. The Labute approximate surface area is 95.4 Å². The highest BCUT2D eigenvalue weighted by Gasteiger charge is 2.18. The molecule has 0 fully saturated rings. The summed E-state index contributed by atoms with van der Waals surface area (Å²) in [7, 11) is 0. The fraction of sp³-hybridized carbons (Fsp3) is 0.500. The zero-order valence-electron chi connectivity index (χ0n) is 10.2. The Morgan fingerprint density at radius 1 is 1.44 bits per heavy atom. The summed E-state index contributed by atoms with van der Waals surface area (Å²) in [6.45, 7) is 7.76. The number of rotatable bonds is 3. The van der Waals surface area contributed by atoms with Crippen molar-refractivity contribution in [2.75, 3.05) is 0 Å². The van der Waals surface area contributed by atoms with Crippen LogP contribution >= 0.6 is 0 Å². The van der Waals surface area contributed by atoms with Gasteiger partial charge < -0.3 is 0 Å². The predicted octanol–water partition coefficient (Wildman–Crippen LogP) is 4.27. The van der Waals surface area contributed by atoms with E-state index in [0.717, 1.165) is 12.5 Å². The van der Waals surface area contributed by atoms with Gasteiger partial charge in [0, 0.05) is 11.6 Å². The van der Waals surface area contributed by atoms with Crippen LogP contribution in [0.5, 0.6) is 0 Å². The second kappa shape index (κ2) is 6.93. The molecule has 0 aliphatic rings. The molecule has 4 heteroatoms. The molecule has 1 aromatic rings. The van der Waals surface area contributed by atoms with Gasteiger partial charge >= 0.3 is 0 Å². The molecule has 1 rings (SSSR count). The van der Waals surface area contributed by atoms with Crippen molar-refractivity contribution < 1.29 is 9.31 Å². The van der Waals surface area contributed by atoms with Gasteiger partial charge in [-0.25, -0.2) is 4.39 Å². The van der Waals surface area contributed by atoms with Crippen LogP contribution in [0.25, 0.3) is 0 Å². The van der Waals surface area contributed by atoms with Gasteiger partial charge in [0.2, 0.25) is 0 Å². The average molecular weight is 227 g/mol. The number of halogens is 1. The van der Waals surface area contributed by atoms with Gasteiger partial charge in [0.1, 0.15) is 5.82 Å². The molecule has 0 aliphatic heterocycles. The van der Waals surface area contributed by atoms with E-state index in [9.17, 15) is 14.5 Å². The molecule has 0 aliphatic carbocycles. The van der Waals surface area contributed by atoms with E-state index in [1.165, 1.54) is 12.1 Å². The minimum Gasteiger partial charge on any atom is -0.258 e. The SMILES string of the molecule is CC.CCC(C)c1cc(F)ccc1[N+](=O)[O-]. The van der Waals surface area contributed by atoms with Gasteiger partial charge in [-0.3, -0.25) is 10.1 Å². The minimum absolute atomic E-state index is 0.000694. The predicted molar refractivity (Wildman–Crippen MR) is 63.1 cm³/mol. The number of nitro benzene ring substituents is 1. The molecule has 90 valence electrons. The van der Waals surface area contributed by atoms with Crippen molar-refractivity contribution in [2.24, 2.45) is 0 Å². The topological polar surface area (TPSA) is 43.1 Å². The molecule has 0 aromatic heterocycles. The second-order valence-electron chi connectivity index (χ2n) is 3.27. The van der Waals surface area contributed by atoms with Gasteiger partial charge in [0.05, 0.1) is 4.92 Å². The van der Waals surface area contributed by atoms with E-state index in [0.29, 0.717) is 5.56 Å². The summed E-state index contributed by atoms with van der Waals surface area (Å²) in [6.07, 6.45) is 0.754. The lowest BCUT2D eigenvalue weighted by Gasteiger charge is -2.08. The second-order valence-corrected chi connectivity index (χ2v) is 3.27. The van der Waals surface area contributed by atoms with Gasteiger partial charge in [0.15, 0.2) is 0 Å². The maximum absolute atomic E-state index is 12.9. The molecule has 0 bridgehead atoms. The van der Waals surface area contributed by atoms with E-state index >= 15 is 0 Å². The molecule has 1 atom stereocenters. The molecule has 0 spiro atoms. The minimum atomic E-state index is -0.471. The first-order valence-electron chi connectivity index (χ1n) is 5.50. The summed E-state index contributed by atoms with van der Waals surface area (Å²) >= 11 is 0. The summed E-state index contributed by atoms with van der Waals surface area (Å²) in [6, 6.07) is 3.58. The summed E-state index contributed by atoms with van der Waals surface area (Å²) in [5.41, 5.74) is 0.471. The smallest absolute Gasteiger partial charge is 0.258 e. The summed E-state index contributed by atoms with van der Waals surface area (Å²) in [4.78, 5) is 10.2. The Morgan fingerprint density at radius 2 is 2.00 bits per heavy atom. The van der Waals surface area contributed by atoms with E-state index in [1.807, 2.05) is 27.7 Å². The Balaban J connectivity index is 0.00000106. The van der Waals surface area contributed by atoms with Gasteiger partial charge in [-0.05, 0) is 24.5 Å². The van der Waals surface area contributed by atoms with E-state index < -0.39 is 10.7 Å². The van der Waals surface area contributed by atoms with Crippen molar-refractivity contribution in [3.63, 3.8) is 0 Å². The van der Waals surface area contributed by atoms with Crippen LogP contribution in [0.15, 0.2) is 18.2 Å². The summed E-state index contributed by atoms with van der Waals surface area (Å²) in [5.74, 6) is -0.419. The highest BCUT2D eigenvalue weighted by Crippen LogP contribution is 2.28. The molecule has 0 heterocycles. The van der Waals surface area contributed by atoms with Gasteiger partial charge in [-0.1, -0.05) is 27.7 Å². The van der Waals surface area contributed by atoms with E-state index in [-0.39, 0.29) is 11.6 Å². The lowest BCUT2D eigenvalue weighted by atomic mass is 9.97. The fourth-order valence-corrected chi connectivity index (χ4v) is 1.31. The number of benzene rings is 1. The van der Waals surface area contributed by atoms with Gasteiger partial charge in [0.25, 0.3) is 5.69 Å². The maximum atomic E-state index is 12.9. The number of hydrogen-bond donors (Lipinski definition) is 0. The largest absolute Gasteiger partial charge is 0.273 e. The Hall–Kier alpha value is -1.45. The highest BCUT2D eigenvalue weighted by molar-refractivity contribution is 5.42. The van der Waals surface area contributed by atoms with Crippen molar-refractivity contribution in [3.05, 3.63) is 39.7 Å². The van der Waals surface area contributed by atoms with Gasteiger partial charge in [-0.15, -0.1) is 0 Å². The molecule has 0 radical (unpaired) electrons. The lowest BCUT2D eigenvalue weighted by molar-refractivity contribution is -0.385.